The molecule has 2 N–H and O–H groups in total. The van der Waals surface area contributed by atoms with E-state index in [0.29, 0.717) is 0 Å². The largest absolute Gasteiger partial charge is 0.336 e. The molecule has 0 radical (unpaired) electrons. The zero-order chi connectivity index (χ0) is 11.5. The molecule has 6 heteroatoms. The van der Waals surface area contributed by atoms with Gasteiger partial charge in [0.15, 0.2) is 0 Å². The molecule has 84 valence electrons. The molecule has 2 rings (SSSR count). The maximum absolute atomic E-state index is 10.9. The number of nitrogens with one attached hydrogen (secondary N) is 2. The van der Waals surface area contributed by atoms with Crippen molar-refractivity contribution in [2.75, 3.05) is 7.05 Å². The lowest BCUT2D eigenvalue weighted by Gasteiger charge is -2.14. The minimum Gasteiger partial charge on any atom is -0.336 e. The predicted molar refractivity (Wildman–Crippen MR) is 59.0 cm³/mol. The summed E-state index contributed by atoms with van der Waals surface area (Å²) < 4.78 is 1.91. The van der Waals surface area contributed by atoms with Crippen molar-refractivity contribution in [3.05, 3.63) is 46.4 Å². The maximum Gasteiger partial charge on any atom is 0.264 e. The molecule has 0 aliphatic heterocycles. The van der Waals surface area contributed by atoms with Gasteiger partial charge < -0.3 is 9.88 Å². The van der Waals surface area contributed by atoms with Gasteiger partial charge in [-0.2, -0.15) is 5.10 Å². The fourth-order valence-corrected chi connectivity index (χ4v) is 1.58. The molecule has 2 heterocycles. The maximum atomic E-state index is 10.9. The van der Waals surface area contributed by atoms with Crippen LogP contribution in [0.5, 0.6) is 0 Å². The Hall–Kier alpha value is -1.95. The quantitative estimate of drug-likeness (QED) is 0.750. The first kappa shape index (κ1) is 10.6. The number of aromatic nitrogens is 4. The summed E-state index contributed by atoms with van der Waals surface area (Å²) in [5.41, 5.74) is 0.523. The summed E-state index contributed by atoms with van der Waals surface area (Å²) in [6.45, 7) is 0. The lowest BCUT2D eigenvalue weighted by molar-refractivity contribution is 0.593. The average Bonchev–Trinajstić information content (AvgIpc) is 2.69. The van der Waals surface area contributed by atoms with Gasteiger partial charge in [-0.1, -0.05) is 0 Å². The van der Waals surface area contributed by atoms with Crippen molar-refractivity contribution in [3.8, 4) is 0 Å². The Bertz CT molecular complexity index is 510. The normalized spacial score (nSPS) is 12.6. The molecular weight excluding hydrogens is 206 g/mol. The fraction of sp³-hybridized carbons (Fsp3) is 0.300. The molecule has 1 atom stereocenters. The summed E-state index contributed by atoms with van der Waals surface area (Å²) in [6.07, 6.45) is 3.59. The van der Waals surface area contributed by atoms with Crippen molar-refractivity contribution in [2.45, 2.75) is 6.04 Å². The summed E-state index contributed by atoms with van der Waals surface area (Å²) in [6, 6.07) is 3.02. The summed E-state index contributed by atoms with van der Waals surface area (Å²) in [5, 5.41) is 9.52. The van der Waals surface area contributed by atoms with E-state index in [2.05, 4.69) is 20.5 Å². The van der Waals surface area contributed by atoms with Crippen LogP contribution in [-0.4, -0.2) is 26.8 Å². The van der Waals surface area contributed by atoms with Gasteiger partial charge in [0.05, 0.1) is 5.69 Å². The van der Waals surface area contributed by atoms with Gasteiger partial charge in [0.1, 0.15) is 11.9 Å². The first-order chi connectivity index (χ1) is 7.72. The van der Waals surface area contributed by atoms with Gasteiger partial charge in [-0.25, -0.2) is 10.1 Å². The first-order valence-electron chi connectivity index (χ1n) is 4.92. The minimum absolute atomic E-state index is 0.128. The van der Waals surface area contributed by atoms with Crippen LogP contribution in [0.4, 0.5) is 0 Å². The lowest BCUT2D eigenvalue weighted by atomic mass is 10.2. The highest BCUT2D eigenvalue weighted by Gasteiger charge is 2.17. The summed E-state index contributed by atoms with van der Waals surface area (Å²) in [7, 11) is 3.74. The predicted octanol–water partition coefficient (Wildman–Crippen LogP) is -0.188. The molecule has 2 aromatic heterocycles. The Kier molecular flexibility index (Phi) is 2.82. The molecule has 2 aromatic rings. The molecule has 0 fully saturated rings. The van der Waals surface area contributed by atoms with Crippen LogP contribution in [0.1, 0.15) is 17.6 Å². The molecule has 0 aromatic carbocycles. The third-order valence-electron chi connectivity index (χ3n) is 2.40. The van der Waals surface area contributed by atoms with E-state index < -0.39 is 0 Å². The molecule has 0 saturated carbocycles. The first-order valence-corrected chi connectivity index (χ1v) is 4.92. The van der Waals surface area contributed by atoms with Crippen LogP contribution in [0.15, 0.2) is 29.3 Å². The second-order valence-corrected chi connectivity index (χ2v) is 3.46. The fourth-order valence-electron chi connectivity index (χ4n) is 1.58. The van der Waals surface area contributed by atoms with E-state index in [0.717, 1.165) is 11.5 Å². The molecule has 16 heavy (non-hydrogen) atoms. The summed E-state index contributed by atoms with van der Waals surface area (Å²) in [4.78, 5) is 15.2. The second kappa shape index (κ2) is 4.28. The zero-order valence-corrected chi connectivity index (χ0v) is 9.14. The van der Waals surface area contributed by atoms with E-state index in [1.54, 1.807) is 12.3 Å². The lowest BCUT2D eigenvalue weighted by Crippen LogP contribution is -2.23. The van der Waals surface area contributed by atoms with Crippen molar-refractivity contribution in [1.82, 2.24) is 25.1 Å². The van der Waals surface area contributed by atoms with Gasteiger partial charge in [0.2, 0.25) is 0 Å². The van der Waals surface area contributed by atoms with Crippen molar-refractivity contribution in [2.24, 2.45) is 7.05 Å². The average molecular weight is 219 g/mol. The number of hydrogen-bond donors (Lipinski definition) is 2. The van der Waals surface area contributed by atoms with Crippen LogP contribution in [0.3, 0.4) is 0 Å². The standard InChI is InChI=1S/C10H13N5O/c1-11-9(10-12-5-6-15(10)2)7-3-4-8(16)14-13-7/h3-6,9,11H,1-2H3,(H,14,16). The van der Waals surface area contributed by atoms with Crippen LogP contribution < -0.4 is 10.9 Å². The van der Waals surface area contributed by atoms with Crippen LogP contribution in [0.2, 0.25) is 0 Å². The third kappa shape index (κ3) is 1.87. The molecule has 0 bridgehead atoms. The van der Waals surface area contributed by atoms with Gasteiger partial charge in [-0.05, 0) is 13.1 Å². The Morgan fingerprint density at radius 1 is 1.50 bits per heavy atom. The minimum atomic E-state index is -0.210. The van der Waals surface area contributed by atoms with Crippen LogP contribution in [0, 0.1) is 0 Å². The van der Waals surface area contributed by atoms with Crippen molar-refractivity contribution >= 4 is 0 Å². The van der Waals surface area contributed by atoms with Crippen LogP contribution in [-0.2, 0) is 7.05 Å². The molecule has 0 spiro atoms. The van der Waals surface area contributed by atoms with E-state index >= 15 is 0 Å². The highest BCUT2D eigenvalue weighted by molar-refractivity contribution is 5.16. The van der Waals surface area contributed by atoms with Crippen LogP contribution in [0.25, 0.3) is 0 Å². The second-order valence-electron chi connectivity index (χ2n) is 3.46. The van der Waals surface area contributed by atoms with Gasteiger partial charge in [0, 0.05) is 25.5 Å². The number of imidazole rings is 1. The summed E-state index contributed by atoms with van der Waals surface area (Å²) in [5.74, 6) is 0.849. The van der Waals surface area contributed by atoms with Gasteiger partial charge in [0.25, 0.3) is 5.56 Å². The SMILES string of the molecule is CNC(c1ccc(=O)[nH]n1)c1nccn1C. The Labute approximate surface area is 92.3 Å². The molecule has 1 unspecified atom stereocenters. The summed E-state index contributed by atoms with van der Waals surface area (Å²) >= 11 is 0. The monoisotopic (exact) mass is 219 g/mol. The highest BCUT2D eigenvalue weighted by Crippen LogP contribution is 2.15. The number of rotatable bonds is 3. The smallest absolute Gasteiger partial charge is 0.264 e. The molecule has 0 saturated heterocycles. The van der Waals surface area contributed by atoms with Crippen LogP contribution >= 0.6 is 0 Å². The van der Waals surface area contributed by atoms with E-state index in [1.807, 2.05) is 24.9 Å². The Morgan fingerprint density at radius 2 is 2.31 bits per heavy atom. The van der Waals surface area contributed by atoms with E-state index in [9.17, 15) is 4.79 Å². The molecule has 0 aliphatic carbocycles. The van der Waals surface area contributed by atoms with E-state index in [4.69, 9.17) is 0 Å². The van der Waals surface area contributed by atoms with E-state index in [-0.39, 0.29) is 11.6 Å². The van der Waals surface area contributed by atoms with Gasteiger partial charge in [-0.3, -0.25) is 4.79 Å². The Morgan fingerprint density at radius 3 is 2.81 bits per heavy atom. The number of H-pyrrole nitrogens is 1. The zero-order valence-electron chi connectivity index (χ0n) is 9.14. The molecule has 0 amide bonds. The van der Waals surface area contributed by atoms with Crippen molar-refractivity contribution < 1.29 is 0 Å². The number of aromatic amines is 1. The topological polar surface area (TPSA) is 75.6 Å². The Balaban J connectivity index is 2.40. The van der Waals surface area contributed by atoms with Gasteiger partial charge in [-0.15, -0.1) is 0 Å². The van der Waals surface area contributed by atoms with Crippen molar-refractivity contribution in [3.63, 3.8) is 0 Å². The number of nitrogens with zero attached hydrogens (tertiary/aromatic N) is 3. The molecular formula is C10H13N5O. The highest BCUT2D eigenvalue weighted by atomic mass is 16.1. The van der Waals surface area contributed by atoms with E-state index in [1.165, 1.54) is 6.07 Å². The molecule has 0 aliphatic rings. The number of hydrogen-bond acceptors (Lipinski definition) is 4. The number of aryl methyl sites for hydroxylation is 1. The molecule has 6 nitrogen and oxygen atoms in total. The van der Waals surface area contributed by atoms with Gasteiger partial charge >= 0.3 is 0 Å². The van der Waals surface area contributed by atoms with Crippen molar-refractivity contribution in [1.29, 1.82) is 0 Å². The third-order valence-corrected chi connectivity index (χ3v) is 2.40.